The van der Waals surface area contributed by atoms with Crippen LogP contribution in [0.1, 0.15) is 18.5 Å². The second-order valence-electron chi connectivity index (χ2n) is 8.26. The van der Waals surface area contributed by atoms with E-state index in [2.05, 4.69) is 23.3 Å². The monoisotopic (exact) mass is 474 g/mol. The van der Waals surface area contributed by atoms with E-state index in [1.807, 2.05) is 36.4 Å². The molecule has 34 heavy (non-hydrogen) atoms. The van der Waals surface area contributed by atoms with Crippen LogP contribution in [0.25, 0.3) is 32.0 Å². The third-order valence-corrected chi connectivity index (χ3v) is 6.98. The first-order valence-electron chi connectivity index (χ1n) is 10.7. The third kappa shape index (κ3) is 3.52. The van der Waals surface area contributed by atoms with Crippen molar-refractivity contribution in [1.82, 2.24) is 23.7 Å². The lowest BCUT2D eigenvalue weighted by Gasteiger charge is -2.15. The zero-order valence-electron chi connectivity index (χ0n) is 19.1. The first-order valence-corrected chi connectivity index (χ1v) is 11.5. The van der Waals surface area contributed by atoms with Gasteiger partial charge in [-0.05, 0) is 55.8 Å². The first-order chi connectivity index (χ1) is 16.2. The second-order valence-corrected chi connectivity index (χ2v) is 9.29. The summed E-state index contributed by atoms with van der Waals surface area (Å²) in [5, 5.41) is 3.80. The lowest BCUT2D eigenvalue weighted by atomic mass is 10.2. The van der Waals surface area contributed by atoms with Crippen molar-refractivity contribution in [3.63, 3.8) is 0 Å². The zero-order valence-corrected chi connectivity index (χ0v) is 19.9. The molecule has 0 spiro atoms. The fourth-order valence-electron chi connectivity index (χ4n) is 3.88. The lowest BCUT2D eigenvalue weighted by Crippen LogP contribution is -2.38. The average molecular weight is 475 g/mol. The van der Waals surface area contributed by atoms with Gasteiger partial charge in [0.25, 0.3) is 5.56 Å². The maximum absolute atomic E-state index is 13.0. The van der Waals surface area contributed by atoms with Crippen LogP contribution in [-0.2, 0) is 18.9 Å². The molecule has 172 valence electrons. The van der Waals surface area contributed by atoms with Crippen molar-refractivity contribution in [3.05, 3.63) is 75.2 Å². The second kappa shape index (κ2) is 8.07. The minimum atomic E-state index is -0.720. The number of carbonyl (C=O) groups is 1. The summed E-state index contributed by atoms with van der Waals surface area (Å²) in [6.45, 7) is 3.74. The Hall–Kier alpha value is -4.05. The van der Waals surface area contributed by atoms with Crippen molar-refractivity contribution < 1.29 is 4.79 Å². The third-order valence-electron chi connectivity index (χ3n) is 5.91. The van der Waals surface area contributed by atoms with Gasteiger partial charge < -0.3 is 9.88 Å². The summed E-state index contributed by atoms with van der Waals surface area (Å²) in [5.41, 5.74) is 3.23. The molecule has 1 atom stereocenters. The molecule has 2 aromatic carbocycles. The van der Waals surface area contributed by atoms with Crippen LogP contribution in [-0.4, -0.2) is 29.6 Å². The number of imidazole rings is 1. The van der Waals surface area contributed by atoms with Crippen molar-refractivity contribution in [1.29, 1.82) is 0 Å². The Kier molecular flexibility index (Phi) is 5.17. The van der Waals surface area contributed by atoms with E-state index in [0.29, 0.717) is 5.69 Å². The Bertz CT molecular complexity index is 1690. The van der Waals surface area contributed by atoms with Gasteiger partial charge in [0.1, 0.15) is 11.0 Å². The average Bonchev–Trinajstić information content (AvgIpc) is 3.45. The van der Waals surface area contributed by atoms with E-state index >= 15 is 0 Å². The Labute approximate surface area is 197 Å². The molecule has 0 aliphatic carbocycles. The largest absolute Gasteiger partial charge is 0.332 e. The number of rotatable bonds is 4. The van der Waals surface area contributed by atoms with Gasteiger partial charge in [0.2, 0.25) is 5.91 Å². The smallest absolute Gasteiger partial charge is 0.324 e. The van der Waals surface area contributed by atoms with E-state index in [1.54, 1.807) is 25.3 Å². The van der Waals surface area contributed by atoms with Crippen molar-refractivity contribution in [2.75, 3.05) is 5.32 Å². The van der Waals surface area contributed by atoms with Crippen molar-refractivity contribution in [3.8, 4) is 10.6 Å². The number of carbonyl (C=O) groups excluding carboxylic acids is 1. The van der Waals surface area contributed by atoms with Gasteiger partial charge >= 0.3 is 5.69 Å². The zero-order chi connectivity index (χ0) is 24.1. The molecule has 3 heterocycles. The number of hydrogen-bond acceptors (Lipinski definition) is 6. The molecule has 5 aromatic rings. The van der Waals surface area contributed by atoms with Gasteiger partial charge in [0.15, 0.2) is 11.2 Å². The maximum Gasteiger partial charge on any atom is 0.332 e. The molecule has 0 fully saturated rings. The molecule has 1 unspecified atom stereocenters. The lowest BCUT2D eigenvalue weighted by molar-refractivity contribution is -0.118. The number of thiazole rings is 1. The molecule has 0 saturated heterocycles. The Morgan fingerprint density at radius 1 is 1.06 bits per heavy atom. The highest BCUT2D eigenvalue weighted by molar-refractivity contribution is 7.21. The number of aryl methyl sites for hydroxylation is 2. The molecular weight excluding hydrogens is 452 g/mol. The number of nitrogens with zero attached hydrogens (tertiary/aromatic N) is 5. The standard InChI is InChI=1S/C24H22N6O3S/c1-13-5-10-17-18(11-13)34-22(27-17)15-6-8-16(9-7-15)26-21(31)14(2)30-12-25-20-19(30)23(32)29(4)24(33)28(20)3/h5-12,14H,1-4H3,(H,26,31). The SMILES string of the molecule is Cc1ccc2nc(-c3ccc(NC(=O)C(C)n4cnc5c4c(=O)n(C)c(=O)n5C)cc3)sc2c1. The van der Waals surface area contributed by atoms with Gasteiger partial charge in [-0.2, -0.15) is 0 Å². The topological polar surface area (TPSA) is 104 Å². The minimum absolute atomic E-state index is 0.202. The summed E-state index contributed by atoms with van der Waals surface area (Å²) in [7, 11) is 2.95. The van der Waals surface area contributed by atoms with Crippen LogP contribution in [0.3, 0.4) is 0 Å². The van der Waals surface area contributed by atoms with E-state index in [4.69, 9.17) is 4.98 Å². The van der Waals surface area contributed by atoms with Crippen LogP contribution in [0.5, 0.6) is 0 Å². The summed E-state index contributed by atoms with van der Waals surface area (Å²) < 4.78 is 4.93. The van der Waals surface area contributed by atoms with E-state index in [-0.39, 0.29) is 17.1 Å². The van der Waals surface area contributed by atoms with Crippen LogP contribution in [0.2, 0.25) is 0 Å². The normalized spacial score (nSPS) is 12.4. The molecule has 1 amide bonds. The highest BCUT2D eigenvalue weighted by Gasteiger charge is 2.22. The van der Waals surface area contributed by atoms with E-state index in [9.17, 15) is 14.4 Å². The van der Waals surface area contributed by atoms with Crippen molar-refractivity contribution in [2.45, 2.75) is 19.9 Å². The van der Waals surface area contributed by atoms with E-state index in [1.165, 1.54) is 28.1 Å². The number of nitrogens with one attached hydrogen (secondary N) is 1. The van der Waals surface area contributed by atoms with Gasteiger partial charge in [-0.15, -0.1) is 11.3 Å². The molecular formula is C24H22N6O3S. The van der Waals surface area contributed by atoms with Gasteiger partial charge in [0.05, 0.1) is 16.5 Å². The summed E-state index contributed by atoms with van der Waals surface area (Å²) in [4.78, 5) is 46.7. The Balaban J connectivity index is 1.39. The number of aromatic nitrogens is 5. The summed E-state index contributed by atoms with van der Waals surface area (Å²) in [6, 6.07) is 13.0. The maximum atomic E-state index is 13.0. The van der Waals surface area contributed by atoms with Gasteiger partial charge in [0, 0.05) is 25.3 Å². The molecule has 9 nitrogen and oxygen atoms in total. The van der Waals surface area contributed by atoms with E-state index < -0.39 is 17.3 Å². The fraction of sp³-hybridized carbons (Fsp3) is 0.208. The number of amides is 1. The highest BCUT2D eigenvalue weighted by Crippen LogP contribution is 2.31. The number of fused-ring (bicyclic) bond motifs is 2. The predicted octanol–water partition coefficient (Wildman–Crippen LogP) is 3.22. The van der Waals surface area contributed by atoms with Crippen LogP contribution >= 0.6 is 11.3 Å². The Morgan fingerprint density at radius 2 is 1.79 bits per heavy atom. The number of anilines is 1. The molecule has 10 heteroatoms. The van der Waals surface area contributed by atoms with Gasteiger partial charge in [-0.25, -0.2) is 14.8 Å². The molecule has 0 aliphatic rings. The number of benzene rings is 2. The molecule has 3 aromatic heterocycles. The molecule has 0 radical (unpaired) electrons. The Morgan fingerprint density at radius 3 is 2.53 bits per heavy atom. The molecule has 0 saturated carbocycles. The van der Waals surface area contributed by atoms with E-state index in [0.717, 1.165) is 25.4 Å². The van der Waals surface area contributed by atoms with Gasteiger partial charge in [-0.1, -0.05) is 6.07 Å². The first kappa shape index (κ1) is 21.8. The molecule has 1 N–H and O–H groups in total. The molecule has 0 bridgehead atoms. The molecule has 5 rings (SSSR count). The number of hydrogen-bond donors (Lipinski definition) is 1. The minimum Gasteiger partial charge on any atom is -0.324 e. The molecule has 0 aliphatic heterocycles. The summed E-state index contributed by atoms with van der Waals surface area (Å²) >= 11 is 1.63. The van der Waals surface area contributed by atoms with Gasteiger partial charge in [-0.3, -0.25) is 18.7 Å². The predicted molar refractivity (Wildman–Crippen MR) is 133 cm³/mol. The highest BCUT2D eigenvalue weighted by atomic mass is 32.1. The van der Waals surface area contributed by atoms with Crippen LogP contribution < -0.4 is 16.6 Å². The van der Waals surface area contributed by atoms with Crippen molar-refractivity contribution in [2.24, 2.45) is 14.1 Å². The van der Waals surface area contributed by atoms with Crippen molar-refractivity contribution >= 4 is 44.3 Å². The summed E-state index contributed by atoms with van der Waals surface area (Å²) in [5.74, 6) is -0.307. The fourth-order valence-corrected chi connectivity index (χ4v) is 4.95. The van der Waals surface area contributed by atoms with Crippen LogP contribution in [0.4, 0.5) is 5.69 Å². The van der Waals surface area contributed by atoms with Crippen LogP contribution in [0.15, 0.2) is 58.4 Å². The van der Waals surface area contributed by atoms with Crippen LogP contribution in [0, 0.1) is 6.92 Å². The summed E-state index contributed by atoms with van der Waals surface area (Å²) in [6.07, 6.45) is 1.41. The quantitative estimate of drug-likeness (QED) is 0.431.